The van der Waals surface area contributed by atoms with Crippen molar-refractivity contribution in [2.45, 2.75) is 11.8 Å². The van der Waals surface area contributed by atoms with E-state index in [4.69, 9.17) is 11.6 Å². The van der Waals surface area contributed by atoms with Crippen molar-refractivity contribution < 1.29 is 18.1 Å². The predicted octanol–water partition coefficient (Wildman–Crippen LogP) is 5.17. The highest BCUT2D eigenvalue weighted by molar-refractivity contribution is 7.86. The first-order chi connectivity index (χ1) is 11.8. The number of rotatable bonds is 3. The molecule has 8 heteroatoms. The topological polar surface area (TPSA) is 99.3 Å². The number of fused-ring (bicyclic) bond motifs is 1. The fourth-order valence-electron chi connectivity index (χ4n) is 2.39. The molecule has 0 bridgehead atoms. The average molecular weight is 377 g/mol. The number of halogens is 1. The summed E-state index contributed by atoms with van der Waals surface area (Å²) in [7, 11) is -4.53. The van der Waals surface area contributed by atoms with E-state index in [1.54, 1.807) is 25.1 Å². The lowest BCUT2D eigenvalue weighted by atomic mass is 10.1. The molecule has 0 aliphatic heterocycles. The third-order valence-corrected chi connectivity index (χ3v) is 4.95. The van der Waals surface area contributed by atoms with Crippen LogP contribution in [0.15, 0.2) is 63.7 Å². The summed E-state index contributed by atoms with van der Waals surface area (Å²) in [6.07, 6.45) is 0. The second kappa shape index (κ2) is 6.44. The molecule has 128 valence electrons. The Balaban J connectivity index is 2.19. The van der Waals surface area contributed by atoms with Gasteiger partial charge in [-0.3, -0.25) is 4.55 Å². The van der Waals surface area contributed by atoms with Crippen molar-refractivity contribution in [1.82, 2.24) is 0 Å². The van der Waals surface area contributed by atoms with E-state index >= 15 is 0 Å². The maximum absolute atomic E-state index is 11.6. The maximum Gasteiger partial charge on any atom is 0.296 e. The lowest BCUT2D eigenvalue weighted by molar-refractivity contribution is 0.477. The van der Waals surface area contributed by atoms with Crippen LogP contribution in [0.1, 0.15) is 5.56 Å². The molecule has 0 spiro atoms. The third-order valence-electron chi connectivity index (χ3n) is 3.66. The number of hydrogen-bond acceptors (Lipinski definition) is 5. The van der Waals surface area contributed by atoms with Crippen molar-refractivity contribution in [2.24, 2.45) is 10.2 Å². The van der Waals surface area contributed by atoms with Crippen LogP contribution < -0.4 is 0 Å². The fraction of sp³-hybridized carbons (Fsp3) is 0.0588. The van der Waals surface area contributed by atoms with Gasteiger partial charge in [0.1, 0.15) is 22.0 Å². The summed E-state index contributed by atoms with van der Waals surface area (Å²) in [6, 6.07) is 13.0. The summed E-state index contributed by atoms with van der Waals surface area (Å²) < 4.78 is 32.5. The fourth-order valence-corrected chi connectivity index (χ4v) is 3.24. The van der Waals surface area contributed by atoms with E-state index < -0.39 is 15.0 Å². The molecule has 0 aliphatic carbocycles. The molecule has 25 heavy (non-hydrogen) atoms. The largest absolute Gasteiger partial charge is 0.506 e. The lowest BCUT2D eigenvalue weighted by Crippen LogP contribution is -1.99. The van der Waals surface area contributed by atoms with Crippen LogP contribution in [-0.4, -0.2) is 18.1 Å². The Morgan fingerprint density at radius 1 is 1.04 bits per heavy atom. The van der Waals surface area contributed by atoms with Gasteiger partial charge in [-0.15, -0.1) is 10.2 Å². The minimum absolute atomic E-state index is 0.0725. The minimum atomic E-state index is -4.53. The van der Waals surface area contributed by atoms with E-state index in [9.17, 15) is 18.1 Å². The first-order valence-corrected chi connectivity index (χ1v) is 8.99. The summed E-state index contributed by atoms with van der Waals surface area (Å²) in [5, 5.41) is 19.7. The monoisotopic (exact) mass is 376 g/mol. The van der Waals surface area contributed by atoms with Crippen molar-refractivity contribution >= 4 is 43.9 Å². The molecule has 0 heterocycles. The molecule has 0 radical (unpaired) electrons. The number of azo groups is 1. The summed E-state index contributed by atoms with van der Waals surface area (Å²) in [6.45, 7) is 1.67. The van der Waals surface area contributed by atoms with Crippen LogP contribution in [0.25, 0.3) is 10.8 Å². The molecule has 0 aliphatic rings. The van der Waals surface area contributed by atoms with Gasteiger partial charge in [-0.25, -0.2) is 0 Å². The Hall–Kier alpha value is -2.48. The smallest absolute Gasteiger partial charge is 0.296 e. The molecule has 3 aromatic rings. The van der Waals surface area contributed by atoms with Gasteiger partial charge in [-0.05, 0) is 36.1 Å². The normalized spacial score (nSPS) is 12.1. The van der Waals surface area contributed by atoms with Crippen molar-refractivity contribution in [3.8, 4) is 5.75 Å². The van der Waals surface area contributed by atoms with Gasteiger partial charge in [0.05, 0.1) is 0 Å². The zero-order chi connectivity index (χ0) is 18.2. The highest BCUT2D eigenvalue weighted by atomic mass is 35.5. The molecule has 0 fully saturated rings. The summed E-state index contributed by atoms with van der Waals surface area (Å²) in [5.74, 6) is -0.0958. The highest BCUT2D eigenvalue weighted by Gasteiger charge is 2.18. The van der Waals surface area contributed by atoms with E-state index in [1.165, 1.54) is 12.1 Å². The predicted molar refractivity (Wildman–Crippen MR) is 95.8 cm³/mol. The summed E-state index contributed by atoms with van der Waals surface area (Å²) in [5.41, 5.74) is 0.703. The number of nitrogens with zero attached hydrogens (tertiary/aromatic N) is 2. The second-order valence-electron chi connectivity index (χ2n) is 5.40. The molecule has 0 saturated carbocycles. The zero-order valence-electron chi connectivity index (χ0n) is 13.0. The first-order valence-electron chi connectivity index (χ1n) is 7.17. The Labute approximate surface area is 149 Å². The number of hydrogen-bond donors (Lipinski definition) is 2. The van der Waals surface area contributed by atoms with Crippen molar-refractivity contribution in [3.05, 3.63) is 59.1 Å². The Bertz CT molecular complexity index is 1110. The van der Waals surface area contributed by atoms with Crippen LogP contribution in [0.3, 0.4) is 0 Å². The van der Waals surface area contributed by atoms with E-state index in [2.05, 4.69) is 10.2 Å². The Morgan fingerprint density at radius 3 is 2.48 bits per heavy atom. The van der Waals surface area contributed by atoms with Gasteiger partial charge in [0, 0.05) is 10.4 Å². The van der Waals surface area contributed by atoms with Gasteiger partial charge >= 0.3 is 0 Å². The van der Waals surface area contributed by atoms with Gasteiger partial charge < -0.3 is 5.11 Å². The van der Waals surface area contributed by atoms with E-state index in [1.807, 2.05) is 12.1 Å². The molecule has 3 rings (SSSR count). The molecule has 0 unspecified atom stereocenters. The quantitative estimate of drug-likeness (QED) is 0.486. The van der Waals surface area contributed by atoms with Crippen molar-refractivity contribution in [2.75, 3.05) is 0 Å². The Kier molecular flexibility index (Phi) is 4.47. The SMILES string of the molecule is Cc1cc(/N=N/c2c(O)ccc3ccccc23)c(S(=O)(=O)O)cc1Cl. The van der Waals surface area contributed by atoms with E-state index in [0.29, 0.717) is 10.9 Å². The van der Waals surface area contributed by atoms with Crippen LogP contribution in [0.2, 0.25) is 5.02 Å². The van der Waals surface area contributed by atoms with Crippen molar-refractivity contribution in [1.29, 1.82) is 0 Å². The standard InChI is InChI=1S/C17H13ClN2O4S/c1-10-8-14(16(9-13(10)18)25(22,23)24)19-20-17-12-5-3-2-4-11(12)6-7-15(17)21/h2-9,21H,1H3,(H,22,23,24)/b20-19+. The third kappa shape index (κ3) is 3.48. The number of aromatic hydroxyl groups is 1. The van der Waals surface area contributed by atoms with Gasteiger partial charge in [-0.2, -0.15) is 8.42 Å². The summed E-state index contributed by atoms with van der Waals surface area (Å²) in [4.78, 5) is -0.452. The van der Waals surface area contributed by atoms with Crippen LogP contribution in [0.4, 0.5) is 11.4 Å². The number of aryl methyl sites for hydroxylation is 1. The summed E-state index contributed by atoms with van der Waals surface area (Å²) >= 11 is 5.92. The molecule has 0 saturated heterocycles. The lowest BCUT2D eigenvalue weighted by Gasteiger charge is -2.06. The van der Waals surface area contributed by atoms with Crippen LogP contribution >= 0.6 is 11.6 Å². The van der Waals surface area contributed by atoms with Crippen LogP contribution in [0.5, 0.6) is 5.75 Å². The minimum Gasteiger partial charge on any atom is -0.506 e. The second-order valence-corrected chi connectivity index (χ2v) is 7.20. The van der Waals surface area contributed by atoms with E-state index in [-0.39, 0.29) is 22.1 Å². The van der Waals surface area contributed by atoms with Crippen molar-refractivity contribution in [3.63, 3.8) is 0 Å². The molecule has 6 nitrogen and oxygen atoms in total. The number of benzene rings is 3. The first kappa shape index (κ1) is 17.3. The number of phenolic OH excluding ortho intramolecular Hbond substituents is 1. The molecular formula is C17H13ClN2O4S. The van der Waals surface area contributed by atoms with Gasteiger partial charge in [0.2, 0.25) is 0 Å². The molecule has 0 aromatic heterocycles. The molecular weight excluding hydrogens is 364 g/mol. The average Bonchev–Trinajstić information content (AvgIpc) is 2.55. The molecule has 0 atom stereocenters. The van der Waals surface area contributed by atoms with Gasteiger partial charge in [0.25, 0.3) is 10.1 Å². The van der Waals surface area contributed by atoms with Crippen LogP contribution in [0, 0.1) is 6.92 Å². The van der Waals surface area contributed by atoms with Crippen LogP contribution in [-0.2, 0) is 10.1 Å². The molecule has 3 aromatic carbocycles. The highest BCUT2D eigenvalue weighted by Crippen LogP contribution is 2.37. The van der Waals surface area contributed by atoms with E-state index in [0.717, 1.165) is 11.5 Å². The maximum atomic E-state index is 11.6. The number of phenols is 1. The zero-order valence-corrected chi connectivity index (χ0v) is 14.6. The molecule has 0 amide bonds. The molecule has 2 N–H and O–H groups in total. The van der Waals surface area contributed by atoms with Gasteiger partial charge in [0.15, 0.2) is 0 Å². The Morgan fingerprint density at radius 2 is 1.76 bits per heavy atom. The van der Waals surface area contributed by atoms with Gasteiger partial charge in [-0.1, -0.05) is 41.9 Å².